The van der Waals surface area contributed by atoms with Gasteiger partial charge in [0.05, 0.1) is 19.6 Å². The van der Waals surface area contributed by atoms with Gasteiger partial charge in [0.25, 0.3) is 0 Å². The lowest BCUT2D eigenvalue weighted by Crippen LogP contribution is -2.34. The van der Waals surface area contributed by atoms with Crippen LogP contribution >= 0.6 is 0 Å². The number of carbonyl (C=O) groups is 1. The van der Waals surface area contributed by atoms with E-state index in [1.54, 1.807) is 21.0 Å². The van der Waals surface area contributed by atoms with Gasteiger partial charge in [-0.1, -0.05) is 32.9 Å². The second-order valence-corrected chi connectivity index (χ2v) is 5.21. The van der Waals surface area contributed by atoms with E-state index in [-0.39, 0.29) is 25.1 Å². The van der Waals surface area contributed by atoms with Gasteiger partial charge in [0, 0.05) is 5.41 Å². The Morgan fingerprint density at radius 3 is 2.32 bits per heavy atom. The van der Waals surface area contributed by atoms with Crippen LogP contribution in [0.5, 0.6) is 5.75 Å². The Balaban J connectivity index is 2.80. The molecule has 0 aliphatic heterocycles. The third-order valence-electron chi connectivity index (χ3n) is 3.14. The fourth-order valence-corrected chi connectivity index (χ4v) is 1.61. The number of esters is 1. The Bertz CT molecular complexity index is 411. The smallest absolute Gasteiger partial charge is 0.308 e. The first-order valence-corrected chi connectivity index (χ1v) is 6.35. The molecule has 0 spiro atoms. The lowest BCUT2D eigenvalue weighted by Gasteiger charge is -2.27. The zero-order valence-electron chi connectivity index (χ0n) is 12.0. The number of benzene rings is 1. The molecule has 0 saturated heterocycles. The minimum Gasteiger partial charge on any atom is -0.497 e. The van der Waals surface area contributed by atoms with Gasteiger partial charge < -0.3 is 14.6 Å². The molecule has 0 aliphatic carbocycles. The molecule has 0 unspecified atom stereocenters. The first-order valence-electron chi connectivity index (χ1n) is 6.35. The highest BCUT2D eigenvalue weighted by molar-refractivity contribution is 5.71. The van der Waals surface area contributed by atoms with Gasteiger partial charge in [0.1, 0.15) is 12.4 Å². The quantitative estimate of drug-likeness (QED) is 0.802. The normalized spacial score (nSPS) is 14.0. The fourth-order valence-electron chi connectivity index (χ4n) is 1.61. The van der Waals surface area contributed by atoms with E-state index in [1.165, 1.54) is 0 Å². The molecule has 0 bridgehead atoms. The third kappa shape index (κ3) is 3.96. The Morgan fingerprint density at radius 2 is 1.89 bits per heavy atom. The minimum atomic E-state index is -0.600. The van der Waals surface area contributed by atoms with Crippen LogP contribution in [0, 0.1) is 5.92 Å². The Hall–Kier alpha value is -1.55. The van der Waals surface area contributed by atoms with Crippen molar-refractivity contribution in [2.24, 2.45) is 5.92 Å². The van der Waals surface area contributed by atoms with E-state index in [4.69, 9.17) is 9.47 Å². The number of ether oxygens (including phenoxy) is 2. The van der Waals surface area contributed by atoms with Crippen molar-refractivity contribution in [1.82, 2.24) is 0 Å². The van der Waals surface area contributed by atoms with Crippen LogP contribution in [0.2, 0.25) is 0 Å². The summed E-state index contributed by atoms with van der Waals surface area (Å²) in [4.78, 5) is 11.5. The highest BCUT2D eigenvalue weighted by Gasteiger charge is 2.28. The topological polar surface area (TPSA) is 55.8 Å². The van der Waals surface area contributed by atoms with Crippen molar-refractivity contribution in [1.29, 1.82) is 0 Å². The van der Waals surface area contributed by atoms with E-state index in [0.717, 1.165) is 11.3 Å². The standard InChI is InChI=1S/C15H22O4/c1-11(2)14(17)19-10-15(3,9-16)12-5-7-13(18-4)8-6-12/h5-8,11,16H,9-10H2,1-4H3/t15-/m0/s1. The van der Waals surface area contributed by atoms with Crippen LogP contribution in [0.1, 0.15) is 26.3 Å². The zero-order chi connectivity index (χ0) is 14.5. The second-order valence-electron chi connectivity index (χ2n) is 5.21. The van der Waals surface area contributed by atoms with Crippen molar-refractivity contribution in [2.45, 2.75) is 26.2 Å². The van der Waals surface area contributed by atoms with Gasteiger partial charge in [0.2, 0.25) is 0 Å². The minimum absolute atomic E-state index is 0.0926. The highest BCUT2D eigenvalue weighted by atomic mass is 16.5. The van der Waals surface area contributed by atoms with Gasteiger partial charge in [-0.05, 0) is 17.7 Å². The monoisotopic (exact) mass is 266 g/mol. The van der Waals surface area contributed by atoms with E-state index in [9.17, 15) is 9.90 Å². The Kier molecular flexibility index (Phi) is 5.36. The molecule has 4 heteroatoms. The molecule has 0 radical (unpaired) electrons. The van der Waals surface area contributed by atoms with Gasteiger partial charge >= 0.3 is 5.97 Å². The molecule has 1 rings (SSSR count). The van der Waals surface area contributed by atoms with Crippen LogP contribution in [0.15, 0.2) is 24.3 Å². The molecule has 0 amide bonds. The summed E-state index contributed by atoms with van der Waals surface area (Å²) >= 11 is 0. The summed E-state index contributed by atoms with van der Waals surface area (Å²) in [5, 5.41) is 9.59. The molecule has 1 aromatic rings. The number of carbonyl (C=O) groups excluding carboxylic acids is 1. The Labute approximate surface area is 114 Å². The highest BCUT2D eigenvalue weighted by Crippen LogP contribution is 2.26. The lowest BCUT2D eigenvalue weighted by molar-refractivity contribution is -0.149. The van der Waals surface area contributed by atoms with Crippen LogP contribution in [0.3, 0.4) is 0 Å². The molecule has 0 heterocycles. The van der Waals surface area contributed by atoms with Crippen molar-refractivity contribution in [3.63, 3.8) is 0 Å². The molecule has 0 aromatic heterocycles. The summed E-state index contributed by atoms with van der Waals surface area (Å²) in [5.74, 6) is 0.329. The molecule has 1 aromatic carbocycles. The number of rotatable bonds is 6. The van der Waals surface area contributed by atoms with Gasteiger partial charge in [-0.2, -0.15) is 0 Å². The molecule has 0 fully saturated rings. The summed E-state index contributed by atoms with van der Waals surface area (Å²) in [6.45, 7) is 5.50. The second kappa shape index (κ2) is 6.57. The van der Waals surface area contributed by atoms with Crippen molar-refractivity contribution in [2.75, 3.05) is 20.3 Å². The molecule has 0 saturated carbocycles. The van der Waals surface area contributed by atoms with Crippen LogP contribution < -0.4 is 4.74 Å². The molecule has 1 atom stereocenters. The van der Waals surface area contributed by atoms with E-state index < -0.39 is 5.41 Å². The van der Waals surface area contributed by atoms with Crippen molar-refractivity contribution >= 4 is 5.97 Å². The van der Waals surface area contributed by atoms with Crippen LogP contribution in [-0.2, 0) is 14.9 Å². The van der Waals surface area contributed by atoms with E-state index in [2.05, 4.69) is 0 Å². The van der Waals surface area contributed by atoms with Gasteiger partial charge in [0.15, 0.2) is 0 Å². The van der Waals surface area contributed by atoms with Crippen molar-refractivity contribution in [3.8, 4) is 5.75 Å². The number of methoxy groups -OCH3 is 1. The average Bonchev–Trinajstić information content (AvgIpc) is 2.44. The molecule has 1 N–H and O–H groups in total. The third-order valence-corrected chi connectivity index (χ3v) is 3.14. The van der Waals surface area contributed by atoms with Crippen molar-refractivity contribution in [3.05, 3.63) is 29.8 Å². The zero-order valence-corrected chi connectivity index (χ0v) is 12.0. The maximum atomic E-state index is 11.5. The SMILES string of the molecule is COc1ccc([C@@](C)(CO)COC(=O)C(C)C)cc1. The predicted molar refractivity (Wildman–Crippen MR) is 73.2 cm³/mol. The summed E-state index contributed by atoms with van der Waals surface area (Å²) < 4.78 is 10.3. The summed E-state index contributed by atoms with van der Waals surface area (Å²) in [6, 6.07) is 7.40. The van der Waals surface area contributed by atoms with Crippen LogP contribution in [-0.4, -0.2) is 31.4 Å². The first kappa shape index (κ1) is 15.5. The molecular formula is C15H22O4. The molecule has 0 aliphatic rings. The van der Waals surface area contributed by atoms with Crippen LogP contribution in [0.25, 0.3) is 0 Å². The van der Waals surface area contributed by atoms with Gasteiger partial charge in [-0.25, -0.2) is 0 Å². The average molecular weight is 266 g/mol. The summed E-state index contributed by atoms with van der Waals surface area (Å²) in [7, 11) is 1.60. The van der Waals surface area contributed by atoms with Crippen LogP contribution in [0.4, 0.5) is 0 Å². The molecule has 4 nitrogen and oxygen atoms in total. The fraction of sp³-hybridized carbons (Fsp3) is 0.533. The first-order chi connectivity index (χ1) is 8.92. The van der Waals surface area contributed by atoms with Crippen molar-refractivity contribution < 1.29 is 19.4 Å². The lowest BCUT2D eigenvalue weighted by atomic mass is 9.84. The number of aliphatic hydroxyl groups excluding tert-OH is 1. The van der Waals surface area contributed by atoms with E-state index >= 15 is 0 Å². The maximum Gasteiger partial charge on any atom is 0.308 e. The number of hydrogen-bond donors (Lipinski definition) is 1. The molecular weight excluding hydrogens is 244 g/mol. The van der Waals surface area contributed by atoms with Gasteiger partial charge in [-0.3, -0.25) is 4.79 Å². The van der Waals surface area contributed by atoms with Gasteiger partial charge in [-0.15, -0.1) is 0 Å². The molecule has 106 valence electrons. The summed E-state index contributed by atoms with van der Waals surface area (Å²) in [5.41, 5.74) is 0.309. The predicted octanol–water partition coefficient (Wildman–Crippen LogP) is 2.14. The molecule has 19 heavy (non-hydrogen) atoms. The Morgan fingerprint density at radius 1 is 1.32 bits per heavy atom. The number of aliphatic hydroxyl groups is 1. The van der Waals surface area contributed by atoms with E-state index in [1.807, 2.05) is 31.2 Å². The maximum absolute atomic E-state index is 11.5. The largest absolute Gasteiger partial charge is 0.497 e. The van der Waals surface area contributed by atoms with E-state index in [0.29, 0.717) is 0 Å². The number of hydrogen-bond acceptors (Lipinski definition) is 4. The summed E-state index contributed by atoms with van der Waals surface area (Å²) in [6.07, 6.45) is 0.